The number of sulfonamides is 1. The largest absolute Gasteiger partial charge is 0.321 e. The second-order valence-electron chi connectivity index (χ2n) is 6.52. The smallest absolute Gasteiger partial charge is 0.255 e. The van der Waals surface area contributed by atoms with E-state index in [9.17, 15) is 17.6 Å². The lowest BCUT2D eigenvalue weighted by Gasteiger charge is -2.26. The predicted molar refractivity (Wildman–Crippen MR) is 103 cm³/mol. The van der Waals surface area contributed by atoms with E-state index >= 15 is 0 Å². The molecule has 1 aliphatic heterocycles. The number of hydrogen-bond acceptors (Lipinski definition) is 3. The Hall–Kier alpha value is -1.96. The van der Waals surface area contributed by atoms with Gasteiger partial charge in [-0.05, 0) is 55.7 Å². The van der Waals surface area contributed by atoms with E-state index in [1.807, 2.05) is 0 Å². The molecular weight excluding hydrogens is 391 g/mol. The molecule has 3 rings (SSSR count). The number of carbonyl (C=O) groups excluding carboxylic acids is 1. The topological polar surface area (TPSA) is 66.5 Å². The molecule has 2 aromatic rings. The van der Waals surface area contributed by atoms with Crippen LogP contribution < -0.4 is 5.32 Å². The van der Waals surface area contributed by atoms with E-state index in [-0.39, 0.29) is 21.2 Å². The van der Waals surface area contributed by atoms with Crippen LogP contribution in [0.3, 0.4) is 0 Å². The lowest BCUT2D eigenvalue weighted by molar-refractivity contribution is 0.102. The molecular formula is C19H20ClFN2O3S. The van der Waals surface area contributed by atoms with Gasteiger partial charge in [-0.15, -0.1) is 0 Å². The molecule has 0 radical (unpaired) electrons. The molecule has 0 unspecified atom stereocenters. The molecule has 0 aliphatic carbocycles. The summed E-state index contributed by atoms with van der Waals surface area (Å²) in [5, 5.41) is 2.65. The highest BCUT2D eigenvalue weighted by molar-refractivity contribution is 7.89. The lowest BCUT2D eigenvalue weighted by atomic mass is 10.1. The summed E-state index contributed by atoms with van der Waals surface area (Å²) in [4.78, 5) is 12.7. The Morgan fingerprint density at radius 2 is 1.81 bits per heavy atom. The summed E-state index contributed by atoms with van der Waals surface area (Å²) in [5.74, 6) is -1.03. The number of halogens is 2. The number of aryl methyl sites for hydroxylation is 1. The Bertz CT molecular complexity index is 973. The molecule has 0 spiro atoms. The molecule has 144 valence electrons. The number of carbonyl (C=O) groups is 1. The number of hydrogen-bond donors (Lipinski definition) is 1. The highest BCUT2D eigenvalue weighted by Gasteiger charge is 2.28. The van der Waals surface area contributed by atoms with Crippen LogP contribution in [0.2, 0.25) is 5.02 Å². The molecule has 0 aromatic heterocycles. The molecule has 1 heterocycles. The van der Waals surface area contributed by atoms with Gasteiger partial charge in [-0.1, -0.05) is 24.1 Å². The van der Waals surface area contributed by atoms with E-state index in [1.54, 1.807) is 19.1 Å². The van der Waals surface area contributed by atoms with Gasteiger partial charge in [-0.3, -0.25) is 4.79 Å². The Morgan fingerprint density at radius 1 is 1.11 bits per heavy atom. The van der Waals surface area contributed by atoms with E-state index in [0.717, 1.165) is 25.3 Å². The molecule has 1 N–H and O–H groups in total. The molecule has 2 aromatic carbocycles. The standard InChI is InChI=1S/C19H20ClFN2O3S/c1-13-5-6-14(19(24)22-17-8-7-15(21)12-16(17)20)11-18(13)27(25,26)23-9-3-2-4-10-23/h5-8,11-12H,2-4,9-10H2,1H3,(H,22,24). The van der Waals surface area contributed by atoms with E-state index in [1.165, 1.54) is 22.5 Å². The maximum absolute atomic E-state index is 13.1. The maximum Gasteiger partial charge on any atom is 0.255 e. The number of rotatable bonds is 4. The van der Waals surface area contributed by atoms with Crippen molar-refractivity contribution in [2.45, 2.75) is 31.1 Å². The second kappa shape index (κ2) is 7.96. The quantitative estimate of drug-likeness (QED) is 0.820. The van der Waals surface area contributed by atoms with Gasteiger partial charge in [0.15, 0.2) is 0 Å². The Kier molecular flexibility index (Phi) is 5.83. The van der Waals surface area contributed by atoms with E-state index in [2.05, 4.69) is 5.32 Å². The zero-order chi connectivity index (χ0) is 19.6. The van der Waals surface area contributed by atoms with Gasteiger partial charge in [0.05, 0.1) is 15.6 Å². The molecule has 27 heavy (non-hydrogen) atoms. The summed E-state index contributed by atoms with van der Waals surface area (Å²) in [5.41, 5.74) is 1.03. The molecule has 0 atom stereocenters. The Morgan fingerprint density at radius 3 is 2.48 bits per heavy atom. The normalized spacial score (nSPS) is 15.5. The van der Waals surface area contributed by atoms with E-state index in [0.29, 0.717) is 18.7 Å². The highest BCUT2D eigenvalue weighted by Crippen LogP contribution is 2.26. The van der Waals surface area contributed by atoms with Crippen molar-refractivity contribution in [3.63, 3.8) is 0 Å². The molecule has 0 saturated carbocycles. The number of amides is 1. The van der Waals surface area contributed by atoms with E-state index in [4.69, 9.17) is 11.6 Å². The molecule has 0 bridgehead atoms. The third kappa shape index (κ3) is 4.31. The minimum Gasteiger partial charge on any atom is -0.321 e. The minimum absolute atomic E-state index is 0.0663. The van der Waals surface area contributed by atoms with Crippen LogP contribution in [-0.4, -0.2) is 31.7 Å². The van der Waals surface area contributed by atoms with Crippen molar-refractivity contribution in [2.24, 2.45) is 0 Å². The van der Waals surface area contributed by atoms with Crippen molar-refractivity contribution >= 4 is 33.2 Å². The highest BCUT2D eigenvalue weighted by atomic mass is 35.5. The van der Waals surface area contributed by atoms with E-state index < -0.39 is 21.7 Å². The molecule has 1 amide bonds. The minimum atomic E-state index is -3.66. The summed E-state index contributed by atoms with van der Waals surface area (Å²) in [6, 6.07) is 8.18. The van der Waals surface area contributed by atoms with Crippen molar-refractivity contribution in [3.8, 4) is 0 Å². The predicted octanol–water partition coefficient (Wildman–Crippen LogP) is 4.21. The van der Waals surface area contributed by atoms with Crippen molar-refractivity contribution in [1.29, 1.82) is 0 Å². The van der Waals surface area contributed by atoms with Gasteiger partial charge in [-0.2, -0.15) is 4.31 Å². The zero-order valence-electron chi connectivity index (χ0n) is 14.8. The van der Waals surface area contributed by atoms with Crippen molar-refractivity contribution in [2.75, 3.05) is 18.4 Å². The van der Waals surface area contributed by atoms with Crippen LogP contribution in [0.25, 0.3) is 0 Å². The third-order valence-corrected chi connectivity index (χ3v) is 6.92. The average Bonchev–Trinajstić information content (AvgIpc) is 2.65. The molecule has 1 saturated heterocycles. The molecule has 1 fully saturated rings. The first-order valence-corrected chi connectivity index (χ1v) is 10.5. The number of benzene rings is 2. The third-order valence-electron chi connectivity index (χ3n) is 4.56. The second-order valence-corrected chi connectivity index (χ2v) is 8.84. The summed E-state index contributed by atoms with van der Waals surface area (Å²) >= 11 is 5.93. The summed E-state index contributed by atoms with van der Waals surface area (Å²) in [7, 11) is -3.66. The Labute approximate surface area is 163 Å². The molecule has 1 aliphatic rings. The summed E-state index contributed by atoms with van der Waals surface area (Å²) in [6.07, 6.45) is 2.69. The number of piperidine rings is 1. The summed E-state index contributed by atoms with van der Waals surface area (Å²) in [6.45, 7) is 2.68. The van der Waals surface area contributed by atoms with Crippen molar-refractivity contribution in [3.05, 3.63) is 58.4 Å². The van der Waals surface area contributed by atoms with Crippen LogP contribution >= 0.6 is 11.6 Å². The van der Waals surface area contributed by atoms with Crippen molar-refractivity contribution < 1.29 is 17.6 Å². The SMILES string of the molecule is Cc1ccc(C(=O)Nc2ccc(F)cc2Cl)cc1S(=O)(=O)N1CCCCC1. The fourth-order valence-electron chi connectivity index (χ4n) is 3.05. The number of anilines is 1. The lowest BCUT2D eigenvalue weighted by Crippen LogP contribution is -2.36. The van der Waals surface area contributed by atoms with Gasteiger partial charge in [0.1, 0.15) is 5.82 Å². The maximum atomic E-state index is 13.1. The van der Waals surface area contributed by atoms with Gasteiger partial charge in [0.2, 0.25) is 10.0 Å². The van der Waals surface area contributed by atoms with Crippen LogP contribution in [0, 0.1) is 12.7 Å². The fraction of sp³-hybridized carbons (Fsp3) is 0.316. The fourth-order valence-corrected chi connectivity index (χ4v) is 5.03. The van der Waals surface area contributed by atoms with Gasteiger partial charge < -0.3 is 5.32 Å². The van der Waals surface area contributed by atoms with Gasteiger partial charge in [0.25, 0.3) is 5.91 Å². The van der Waals surface area contributed by atoms with Gasteiger partial charge >= 0.3 is 0 Å². The monoisotopic (exact) mass is 410 g/mol. The van der Waals surface area contributed by atoms with Gasteiger partial charge in [-0.25, -0.2) is 12.8 Å². The Balaban J connectivity index is 1.89. The van der Waals surface area contributed by atoms with Crippen molar-refractivity contribution in [1.82, 2.24) is 4.31 Å². The first-order chi connectivity index (χ1) is 12.8. The first kappa shape index (κ1) is 19.8. The van der Waals surface area contributed by atoms with Crippen LogP contribution in [0.15, 0.2) is 41.3 Å². The van der Waals surface area contributed by atoms with Gasteiger partial charge in [0, 0.05) is 18.7 Å². The van der Waals surface area contributed by atoms with Crippen LogP contribution in [0.1, 0.15) is 35.2 Å². The first-order valence-electron chi connectivity index (χ1n) is 8.66. The molecule has 5 nitrogen and oxygen atoms in total. The zero-order valence-corrected chi connectivity index (χ0v) is 16.4. The summed E-state index contributed by atoms with van der Waals surface area (Å²) < 4.78 is 40.5. The van der Waals surface area contributed by atoms with Crippen LogP contribution in [-0.2, 0) is 10.0 Å². The van der Waals surface area contributed by atoms with Crippen LogP contribution in [0.5, 0.6) is 0 Å². The molecule has 8 heteroatoms. The van der Waals surface area contributed by atoms with Crippen LogP contribution in [0.4, 0.5) is 10.1 Å². The average molecular weight is 411 g/mol. The number of nitrogens with zero attached hydrogens (tertiary/aromatic N) is 1. The number of nitrogens with one attached hydrogen (secondary N) is 1.